The Labute approximate surface area is 109 Å². The summed E-state index contributed by atoms with van der Waals surface area (Å²) in [5, 5.41) is 0.330. The van der Waals surface area contributed by atoms with Crippen molar-refractivity contribution in [1.82, 2.24) is 4.98 Å². The van der Waals surface area contributed by atoms with Crippen LogP contribution in [0.15, 0.2) is 42.6 Å². The summed E-state index contributed by atoms with van der Waals surface area (Å²) in [6, 6.07) is 8.83. The summed E-state index contributed by atoms with van der Waals surface area (Å²) in [5.41, 5.74) is 1.03. The fourth-order valence-electron chi connectivity index (χ4n) is 1.48. The lowest BCUT2D eigenvalue weighted by Crippen LogP contribution is -2.26. The van der Waals surface area contributed by atoms with Crippen LogP contribution in [-0.4, -0.2) is 17.9 Å². The Morgan fingerprint density at radius 1 is 1.22 bits per heavy atom. The van der Waals surface area contributed by atoms with Gasteiger partial charge in [-0.1, -0.05) is 11.6 Å². The monoisotopic (exact) mass is 264 g/mol. The maximum atomic E-state index is 12.8. The van der Waals surface area contributed by atoms with Gasteiger partial charge in [-0.25, -0.2) is 9.37 Å². The number of benzene rings is 1. The normalized spacial score (nSPS) is 10.2. The van der Waals surface area contributed by atoms with E-state index in [4.69, 9.17) is 11.6 Å². The molecule has 0 radical (unpaired) electrons. The van der Waals surface area contributed by atoms with Gasteiger partial charge in [0.15, 0.2) is 0 Å². The molecule has 1 amide bonds. The zero-order valence-corrected chi connectivity index (χ0v) is 10.4. The zero-order chi connectivity index (χ0) is 13.1. The molecule has 92 valence electrons. The molecule has 0 aliphatic rings. The Bertz CT molecular complexity index is 554. The third kappa shape index (κ3) is 2.65. The summed E-state index contributed by atoms with van der Waals surface area (Å²) in [6.07, 6.45) is 1.41. The average Bonchev–Trinajstić information content (AvgIpc) is 2.39. The summed E-state index contributed by atoms with van der Waals surface area (Å²) in [7, 11) is 1.62. The summed E-state index contributed by atoms with van der Waals surface area (Å²) < 4.78 is 12.8. The first kappa shape index (κ1) is 12.5. The van der Waals surface area contributed by atoms with E-state index in [1.807, 2.05) is 0 Å². The van der Waals surface area contributed by atoms with E-state index in [2.05, 4.69) is 4.98 Å². The van der Waals surface area contributed by atoms with E-state index >= 15 is 0 Å². The van der Waals surface area contributed by atoms with Gasteiger partial charge in [0.1, 0.15) is 11.0 Å². The standard InChI is InChI=1S/C13H10ClFN2O/c1-17(11-5-3-10(15)4-6-11)13(18)9-2-7-12(14)16-8-9/h2-8H,1H3. The van der Waals surface area contributed by atoms with Crippen molar-refractivity contribution in [2.75, 3.05) is 11.9 Å². The van der Waals surface area contributed by atoms with Crippen molar-refractivity contribution in [2.45, 2.75) is 0 Å². The van der Waals surface area contributed by atoms with Crippen LogP contribution < -0.4 is 4.90 Å². The van der Waals surface area contributed by atoms with Gasteiger partial charge in [-0.05, 0) is 36.4 Å². The second kappa shape index (κ2) is 5.14. The molecular formula is C13H10ClFN2O. The first-order valence-corrected chi connectivity index (χ1v) is 5.61. The number of halogens is 2. The van der Waals surface area contributed by atoms with Crippen molar-refractivity contribution < 1.29 is 9.18 Å². The number of rotatable bonds is 2. The molecule has 1 aromatic heterocycles. The molecule has 2 rings (SSSR count). The van der Waals surface area contributed by atoms with Crippen molar-refractivity contribution in [3.8, 4) is 0 Å². The lowest BCUT2D eigenvalue weighted by molar-refractivity contribution is 0.0992. The van der Waals surface area contributed by atoms with Gasteiger partial charge in [0, 0.05) is 18.9 Å². The minimum absolute atomic E-state index is 0.231. The van der Waals surface area contributed by atoms with Crippen LogP contribution >= 0.6 is 11.6 Å². The quantitative estimate of drug-likeness (QED) is 0.781. The van der Waals surface area contributed by atoms with E-state index < -0.39 is 0 Å². The molecule has 5 heteroatoms. The predicted octanol–water partition coefficient (Wildman–Crippen LogP) is 3.15. The van der Waals surface area contributed by atoms with Gasteiger partial charge in [-0.2, -0.15) is 0 Å². The van der Waals surface area contributed by atoms with Gasteiger partial charge < -0.3 is 4.90 Å². The fourth-order valence-corrected chi connectivity index (χ4v) is 1.59. The Hall–Kier alpha value is -1.94. The van der Waals surface area contributed by atoms with Gasteiger partial charge in [0.2, 0.25) is 0 Å². The SMILES string of the molecule is CN(C(=O)c1ccc(Cl)nc1)c1ccc(F)cc1. The topological polar surface area (TPSA) is 33.2 Å². The molecule has 0 unspecified atom stereocenters. The summed E-state index contributed by atoms with van der Waals surface area (Å²) in [4.78, 5) is 17.4. The molecule has 1 heterocycles. The Morgan fingerprint density at radius 2 is 1.89 bits per heavy atom. The zero-order valence-electron chi connectivity index (χ0n) is 9.60. The van der Waals surface area contributed by atoms with Gasteiger partial charge >= 0.3 is 0 Å². The molecule has 3 nitrogen and oxygen atoms in total. The highest BCUT2D eigenvalue weighted by Gasteiger charge is 2.13. The molecule has 0 spiro atoms. The van der Waals surface area contributed by atoms with Crippen LogP contribution in [0.5, 0.6) is 0 Å². The molecule has 0 saturated carbocycles. The Kier molecular flexibility index (Phi) is 3.58. The molecular weight excluding hydrogens is 255 g/mol. The van der Waals surface area contributed by atoms with Crippen LogP contribution in [0.1, 0.15) is 10.4 Å². The number of anilines is 1. The number of aromatic nitrogens is 1. The highest BCUT2D eigenvalue weighted by Crippen LogP contribution is 2.16. The predicted molar refractivity (Wildman–Crippen MR) is 68.4 cm³/mol. The second-order valence-electron chi connectivity index (χ2n) is 3.71. The van der Waals surface area contributed by atoms with Gasteiger partial charge in [0.25, 0.3) is 5.91 Å². The van der Waals surface area contributed by atoms with Crippen LogP contribution in [0, 0.1) is 5.82 Å². The summed E-state index contributed by atoms with van der Waals surface area (Å²) >= 11 is 5.65. The lowest BCUT2D eigenvalue weighted by Gasteiger charge is -2.17. The van der Waals surface area contributed by atoms with Crippen molar-refractivity contribution in [3.05, 3.63) is 59.1 Å². The molecule has 0 aliphatic carbocycles. The largest absolute Gasteiger partial charge is 0.311 e. The van der Waals surface area contributed by atoms with Crippen LogP contribution in [0.25, 0.3) is 0 Å². The highest BCUT2D eigenvalue weighted by molar-refractivity contribution is 6.29. The van der Waals surface area contributed by atoms with Crippen LogP contribution in [0.2, 0.25) is 5.15 Å². The number of carbonyl (C=O) groups is 1. The van der Waals surface area contributed by atoms with E-state index in [0.29, 0.717) is 16.4 Å². The minimum Gasteiger partial charge on any atom is -0.311 e. The van der Waals surface area contributed by atoms with Crippen molar-refractivity contribution in [1.29, 1.82) is 0 Å². The molecule has 0 N–H and O–H groups in total. The van der Waals surface area contributed by atoms with Crippen LogP contribution in [-0.2, 0) is 0 Å². The lowest BCUT2D eigenvalue weighted by atomic mass is 10.2. The van der Waals surface area contributed by atoms with Gasteiger partial charge in [0.05, 0.1) is 5.56 Å². The van der Waals surface area contributed by atoms with Crippen LogP contribution in [0.3, 0.4) is 0 Å². The fraction of sp³-hybridized carbons (Fsp3) is 0.0769. The molecule has 0 fully saturated rings. The molecule has 0 saturated heterocycles. The third-order valence-electron chi connectivity index (χ3n) is 2.49. The molecule has 0 bridgehead atoms. The third-order valence-corrected chi connectivity index (χ3v) is 2.72. The van der Waals surface area contributed by atoms with E-state index in [1.165, 1.54) is 35.4 Å². The van der Waals surface area contributed by atoms with E-state index in [-0.39, 0.29) is 11.7 Å². The minimum atomic E-state index is -0.340. The Morgan fingerprint density at radius 3 is 2.44 bits per heavy atom. The summed E-state index contributed by atoms with van der Waals surface area (Å²) in [5.74, 6) is -0.571. The maximum absolute atomic E-state index is 12.8. The number of pyridine rings is 1. The van der Waals surface area contributed by atoms with Gasteiger partial charge in [-0.15, -0.1) is 0 Å². The van der Waals surface area contributed by atoms with E-state index in [9.17, 15) is 9.18 Å². The number of carbonyl (C=O) groups excluding carboxylic acids is 1. The summed E-state index contributed by atoms with van der Waals surface area (Å²) in [6.45, 7) is 0. The molecule has 0 atom stereocenters. The smallest absolute Gasteiger partial charge is 0.259 e. The van der Waals surface area contributed by atoms with Crippen molar-refractivity contribution in [2.24, 2.45) is 0 Å². The Balaban J connectivity index is 2.23. The number of nitrogens with zero attached hydrogens (tertiary/aromatic N) is 2. The highest BCUT2D eigenvalue weighted by atomic mass is 35.5. The molecule has 1 aromatic carbocycles. The number of hydrogen-bond donors (Lipinski definition) is 0. The first-order valence-electron chi connectivity index (χ1n) is 5.23. The second-order valence-corrected chi connectivity index (χ2v) is 4.10. The van der Waals surface area contributed by atoms with E-state index in [1.54, 1.807) is 19.2 Å². The van der Waals surface area contributed by atoms with Crippen molar-refractivity contribution >= 4 is 23.2 Å². The van der Waals surface area contributed by atoms with E-state index in [0.717, 1.165) is 0 Å². The number of amides is 1. The molecule has 0 aliphatic heterocycles. The molecule has 2 aromatic rings. The first-order chi connectivity index (χ1) is 8.58. The van der Waals surface area contributed by atoms with Crippen LogP contribution in [0.4, 0.5) is 10.1 Å². The van der Waals surface area contributed by atoms with Crippen molar-refractivity contribution in [3.63, 3.8) is 0 Å². The molecule has 18 heavy (non-hydrogen) atoms. The maximum Gasteiger partial charge on any atom is 0.259 e. The number of hydrogen-bond acceptors (Lipinski definition) is 2. The average molecular weight is 265 g/mol. The van der Waals surface area contributed by atoms with Gasteiger partial charge in [-0.3, -0.25) is 4.79 Å².